The van der Waals surface area contributed by atoms with Gasteiger partial charge in [0.2, 0.25) is 0 Å². The van der Waals surface area contributed by atoms with Crippen LogP contribution in [0.3, 0.4) is 0 Å². The van der Waals surface area contributed by atoms with Gasteiger partial charge in [0.15, 0.2) is 0 Å². The minimum Gasteiger partial charge on any atom is -0.481 e. The van der Waals surface area contributed by atoms with Gasteiger partial charge >= 0.3 is 11.9 Å². The van der Waals surface area contributed by atoms with E-state index >= 15 is 0 Å². The minimum atomic E-state index is -1.02. The summed E-state index contributed by atoms with van der Waals surface area (Å²) in [6, 6.07) is 5.17. The van der Waals surface area contributed by atoms with Crippen LogP contribution in [0.5, 0.6) is 0 Å². The number of esters is 1. The Morgan fingerprint density at radius 2 is 1.95 bits per heavy atom. The van der Waals surface area contributed by atoms with Gasteiger partial charge in [0.25, 0.3) is 0 Å². The first-order chi connectivity index (χ1) is 9.81. The molecule has 5 nitrogen and oxygen atoms in total. The molecule has 0 spiro atoms. The average Bonchev–Trinajstić information content (AvgIpc) is 2.73. The summed E-state index contributed by atoms with van der Waals surface area (Å²) in [7, 11) is 2.97. The standard InChI is InChI=1S/C15H18FNO4/c1-15(14(20)21-3)8-11(13(18)19)12(17(15)2)9-4-6-10(16)7-5-9/h4-7,11-12H,8H2,1-3H3,(H,18,19)/t11-,12+,15-/m0/s1. The van der Waals surface area contributed by atoms with Gasteiger partial charge in [0.05, 0.1) is 13.0 Å². The fraction of sp³-hybridized carbons (Fsp3) is 0.467. The molecule has 0 unspecified atom stereocenters. The fourth-order valence-electron chi connectivity index (χ4n) is 3.05. The number of rotatable bonds is 3. The average molecular weight is 295 g/mol. The molecule has 6 heteroatoms. The predicted molar refractivity (Wildman–Crippen MR) is 73.1 cm³/mol. The van der Waals surface area contributed by atoms with Gasteiger partial charge in [-0.05, 0) is 38.1 Å². The van der Waals surface area contributed by atoms with Gasteiger partial charge in [-0.3, -0.25) is 14.5 Å². The number of carboxylic acid groups (broad SMARTS) is 1. The summed E-state index contributed by atoms with van der Waals surface area (Å²) >= 11 is 0. The van der Waals surface area contributed by atoms with Crippen LogP contribution in [0.15, 0.2) is 24.3 Å². The molecule has 1 saturated heterocycles. The first kappa shape index (κ1) is 15.4. The molecule has 1 aliphatic heterocycles. The molecule has 0 aliphatic carbocycles. The zero-order valence-corrected chi connectivity index (χ0v) is 12.2. The van der Waals surface area contributed by atoms with Crippen LogP contribution in [0.25, 0.3) is 0 Å². The molecule has 1 heterocycles. The summed E-state index contributed by atoms with van der Waals surface area (Å²) in [5.41, 5.74) is -0.351. The van der Waals surface area contributed by atoms with Crippen molar-refractivity contribution in [3.8, 4) is 0 Å². The maximum absolute atomic E-state index is 13.1. The molecule has 21 heavy (non-hydrogen) atoms. The molecule has 0 bridgehead atoms. The summed E-state index contributed by atoms with van der Waals surface area (Å²) in [5, 5.41) is 9.45. The highest BCUT2D eigenvalue weighted by molar-refractivity contribution is 5.83. The van der Waals surface area contributed by atoms with E-state index in [1.54, 1.807) is 31.0 Å². The van der Waals surface area contributed by atoms with E-state index in [1.165, 1.54) is 19.2 Å². The quantitative estimate of drug-likeness (QED) is 0.862. The van der Waals surface area contributed by atoms with Gasteiger partial charge in [0.1, 0.15) is 11.4 Å². The SMILES string of the molecule is COC(=O)[C@]1(C)C[C@H](C(=O)O)[C@@H](c2ccc(F)cc2)N1C. The first-order valence-electron chi connectivity index (χ1n) is 6.61. The van der Waals surface area contributed by atoms with Crippen LogP contribution in [0, 0.1) is 11.7 Å². The maximum Gasteiger partial charge on any atom is 0.326 e. The summed E-state index contributed by atoms with van der Waals surface area (Å²) < 4.78 is 17.9. The smallest absolute Gasteiger partial charge is 0.326 e. The second-order valence-electron chi connectivity index (χ2n) is 5.52. The number of nitrogens with zero attached hydrogens (tertiary/aromatic N) is 1. The van der Waals surface area contributed by atoms with Gasteiger partial charge in [0, 0.05) is 6.04 Å². The van der Waals surface area contributed by atoms with Gasteiger partial charge < -0.3 is 9.84 Å². The highest BCUT2D eigenvalue weighted by atomic mass is 19.1. The van der Waals surface area contributed by atoms with Crippen LogP contribution in [0.2, 0.25) is 0 Å². The van der Waals surface area contributed by atoms with Gasteiger partial charge in [-0.2, -0.15) is 0 Å². The van der Waals surface area contributed by atoms with E-state index in [1.807, 2.05) is 0 Å². The van der Waals surface area contributed by atoms with Crippen molar-refractivity contribution in [3.05, 3.63) is 35.6 Å². The van der Waals surface area contributed by atoms with Gasteiger partial charge in [-0.25, -0.2) is 4.39 Å². The Morgan fingerprint density at radius 1 is 1.38 bits per heavy atom. The lowest BCUT2D eigenvalue weighted by molar-refractivity contribution is -0.152. The van der Waals surface area contributed by atoms with Gasteiger partial charge in [-0.15, -0.1) is 0 Å². The second kappa shape index (κ2) is 5.44. The van der Waals surface area contributed by atoms with Crippen molar-refractivity contribution >= 4 is 11.9 Å². The second-order valence-corrected chi connectivity index (χ2v) is 5.52. The van der Waals surface area contributed by atoms with Crippen molar-refractivity contribution in [2.45, 2.75) is 24.9 Å². The third-order valence-electron chi connectivity index (χ3n) is 4.35. The van der Waals surface area contributed by atoms with E-state index in [-0.39, 0.29) is 12.2 Å². The largest absolute Gasteiger partial charge is 0.481 e. The zero-order valence-electron chi connectivity index (χ0n) is 12.2. The molecule has 0 saturated carbocycles. The summed E-state index contributed by atoms with van der Waals surface area (Å²) in [6.45, 7) is 1.66. The number of likely N-dealkylation sites (tertiary alicyclic amines) is 1. The van der Waals surface area contributed by atoms with Crippen molar-refractivity contribution in [1.82, 2.24) is 4.90 Å². The number of likely N-dealkylation sites (N-methyl/N-ethyl adjacent to an activating group) is 1. The Kier molecular flexibility index (Phi) is 4.00. The molecule has 3 atom stereocenters. The van der Waals surface area contributed by atoms with E-state index in [4.69, 9.17) is 4.74 Å². The van der Waals surface area contributed by atoms with Gasteiger partial charge in [-0.1, -0.05) is 12.1 Å². The molecule has 2 rings (SSSR count). The molecular formula is C15H18FNO4. The van der Waals surface area contributed by atoms with Crippen molar-refractivity contribution in [2.75, 3.05) is 14.2 Å². The Bertz CT molecular complexity index is 559. The maximum atomic E-state index is 13.1. The predicted octanol–water partition coefficient (Wildman–Crippen LogP) is 1.83. The number of carboxylic acids is 1. The molecule has 1 N–H and O–H groups in total. The lowest BCUT2D eigenvalue weighted by Crippen LogP contribution is -2.47. The molecule has 1 aromatic carbocycles. The van der Waals surface area contributed by atoms with Crippen LogP contribution >= 0.6 is 0 Å². The number of aliphatic carboxylic acids is 1. The molecular weight excluding hydrogens is 277 g/mol. The molecule has 114 valence electrons. The number of methoxy groups -OCH3 is 1. The van der Waals surface area contributed by atoms with E-state index < -0.39 is 29.4 Å². The number of hydrogen-bond acceptors (Lipinski definition) is 4. The van der Waals surface area contributed by atoms with E-state index in [9.17, 15) is 19.1 Å². The highest BCUT2D eigenvalue weighted by Gasteiger charge is 2.55. The Labute approximate surface area is 122 Å². The van der Waals surface area contributed by atoms with E-state index in [0.29, 0.717) is 5.56 Å². The molecule has 0 radical (unpaired) electrons. The number of benzene rings is 1. The fourth-order valence-corrected chi connectivity index (χ4v) is 3.05. The number of carbonyl (C=O) groups excluding carboxylic acids is 1. The molecule has 1 aromatic rings. The summed E-state index contributed by atoms with van der Waals surface area (Å²) in [5.74, 6) is -2.60. The summed E-state index contributed by atoms with van der Waals surface area (Å²) in [6.07, 6.45) is 0.146. The van der Waals surface area contributed by atoms with Crippen molar-refractivity contribution in [2.24, 2.45) is 5.92 Å². The normalized spacial score (nSPS) is 29.3. The van der Waals surface area contributed by atoms with Crippen LogP contribution in [0.4, 0.5) is 4.39 Å². The Balaban J connectivity index is 2.44. The van der Waals surface area contributed by atoms with Crippen LogP contribution in [-0.2, 0) is 14.3 Å². The van der Waals surface area contributed by atoms with Crippen LogP contribution < -0.4 is 0 Å². The van der Waals surface area contributed by atoms with Crippen molar-refractivity contribution < 1.29 is 23.8 Å². The number of ether oxygens (including phenoxy) is 1. The van der Waals surface area contributed by atoms with E-state index in [0.717, 1.165) is 0 Å². The molecule has 1 aliphatic rings. The Hall–Kier alpha value is -1.95. The molecule has 0 amide bonds. The molecule has 1 fully saturated rings. The number of hydrogen-bond donors (Lipinski definition) is 1. The third-order valence-corrected chi connectivity index (χ3v) is 4.35. The monoisotopic (exact) mass is 295 g/mol. The third kappa shape index (κ3) is 2.51. The number of carbonyl (C=O) groups is 2. The van der Waals surface area contributed by atoms with Crippen LogP contribution in [-0.4, -0.2) is 41.6 Å². The van der Waals surface area contributed by atoms with E-state index in [2.05, 4.69) is 0 Å². The minimum absolute atomic E-state index is 0.146. The van der Waals surface area contributed by atoms with Crippen LogP contribution in [0.1, 0.15) is 24.9 Å². The zero-order chi connectivity index (χ0) is 15.8. The summed E-state index contributed by atoms with van der Waals surface area (Å²) in [4.78, 5) is 25.3. The Morgan fingerprint density at radius 3 is 2.43 bits per heavy atom. The lowest BCUT2D eigenvalue weighted by Gasteiger charge is -2.32. The molecule has 0 aromatic heterocycles. The number of halogens is 1. The topological polar surface area (TPSA) is 66.8 Å². The van der Waals surface area contributed by atoms with Crippen molar-refractivity contribution in [1.29, 1.82) is 0 Å². The van der Waals surface area contributed by atoms with Crippen molar-refractivity contribution in [3.63, 3.8) is 0 Å². The highest BCUT2D eigenvalue weighted by Crippen LogP contribution is 2.46. The first-order valence-corrected chi connectivity index (χ1v) is 6.61. The lowest BCUT2D eigenvalue weighted by atomic mass is 9.90.